The van der Waals surface area contributed by atoms with E-state index in [2.05, 4.69) is 5.32 Å². The number of rotatable bonds is 11. The van der Waals surface area contributed by atoms with E-state index in [9.17, 15) is 14.0 Å². The van der Waals surface area contributed by atoms with Gasteiger partial charge < -0.3 is 10.2 Å². The minimum atomic E-state index is -0.670. The van der Waals surface area contributed by atoms with Gasteiger partial charge in [0.25, 0.3) is 0 Å². The minimum absolute atomic E-state index is 0.0692. The molecule has 0 spiro atoms. The number of carbonyl (C=O) groups is 2. The van der Waals surface area contributed by atoms with Crippen LogP contribution in [-0.2, 0) is 21.9 Å². The summed E-state index contributed by atoms with van der Waals surface area (Å²) in [6.07, 6.45) is 1.86. The number of hydrogen-bond donors (Lipinski definition) is 1. The summed E-state index contributed by atoms with van der Waals surface area (Å²) in [6, 6.07) is 15.6. The fraction of sp³-hybridized carbons (Fsp3) is 0.391. The zero-order valence-electron chi connectivity index (χ0n) is 17.1. The van der Waals surface area contributed by atoms with Crippen LogP contribution in [-0.4, -0.2) is 35.1 Å². The highest BCUT2D eigenvalue weighted by molar-refractivity contribution is 7.99. The van der Waals surface area contributed by atoms with Crippen molar-refractivity contribution in [3.8, 4) is 0 Å². The molecule has 2 amide bonds. The van der Waals surface area contributed by atoms with Crippen LogP contribution in [0.2, 0.25) is 0 Å². The number of carbonyl (C=O) groups excluding carboxylic acids is 2. The van der Waals surface area contributed by atoms with Crippen molar-refractivity contribution in [1.82, 2.24) is 10.2 Å². The van der Waals surface area contributed by atoms with Crippen LogP contribution in [0.3, 0.4) is 0 Å². The fourth-order valence-electron chi connectivity index (χ4n) is 2.84. The lowest BCUT2D eigenvalue weighted by molar-refractivity contribution is -0.138. The van der Waals surface area contributed by atoms with Crippen LogP contribution in [0.1, 0.15) is 37.8 Å². The molecule has 0 aliphatic rings. The summed E-state index contributed by atoms with van der Waals surface area (Å²) in [5.41, 5.74) is 1.54. The Morgan fingerprint density at radius 1 is 1.10 bits per heavy atom. The van der Waals surface area contributed by atoms with Gasteiger partial charge >= 0.3 is 0 Å². The molecule has 2 rings (SSSR count). The minimum Gasteiger partial charge on any atom is -0.354 e. The summed E-state index contributed by atoms with van der Waals surface area (Å²) in [6.45, 7) is 4.39. The van der Waals surface area contributed by atoms with Crippen molar-refractivity contribution in [2.24, 2.45) is 0 Å². The standard InChI is InChI=1S/C23H29FN2O2S/c1-3-4-14-25-23(28)18(2)26(15-20-12-8-9-13-21(20)24)22(27)17-29-16-19-10-6-5-7-11-19/h5-13,18H,3-4,14-17H2,1-2H3,(H,25,28)/t18-/m0/s1. The molecule has 29 heavy (non-hydrogen) atoms. The van der Waals surface area contributed by atoms with Gasteiger partial charge in [-0.25, -0.2) is 4.39 Å². The van der Waals surface area contributed by atoms with E-state index in [0.717, 1.165) is 18.4 Å². The Kier molecular flexibility index (Phi) is 9.71. The predicted octanol–water partition coefficient (Wildman–Crippen LogP) is 4.39. The first-order valence-electron chi connectivity index (χ1n) is 9.95. The molecule has 0 bridgehead atoms. The maximum atomic E-state index is 14.2. The summed E-state index contributed by atoms with van der Waals surface area (Å²) in [5.74, 6) is 0.178. The Bertz CT molecular complexity index is 785. The molecule has 156 valence electrons. The van der Waals surface area contributed by atoms with Crippen molar-refractivity contribution in [1.29, 1.82) is 0 Å². The Labute approximate surface area is 176 Å². The summed E-state index contributed by atoms with van der Waals surface area (Å²) >= 11 is 1.49. The van der Waals surface area contributed by atoms with Crippen LogP contribution in [0.15, 0.2) is 54.6 Å². The third-order valence-corrected chi connectivity index (χ3v) is 5.62. The number of hydrogen-bond acceptors (Lipinski definition) is 3. The second-order valence-corrected chi connectivity index (χ2v) is 7.90. The molecule has 0 aliphatic carbocycles. The highest BCUT2D eigenvalue weighted by Gasteiger charge is 2.26. The molecule has 0 radical (unpaired) electrons. The molecule has 0 aliphatic heterocycles. The van der Waals surface area contributed by atoms with Crippen LogP contribution in [0.4, 0.5) is 4.39 Å². The maximum Gasteiger partial charge on any atom is 0.242 e. The predicted molar refractivity (Wildman–Crippen MR) is 117 cm³/mol. The molecule has 0 saturated heterocycles. The number of benzene rings is 2. The summed E-state index contributed by atoms with van der Waals surface area (Å²) in [4.78, 5) is 26.9. The Balaban J connectivity index is 2.04. The van der Waals surface area contributed by atoms with Gasteiger partial charge in [-0.2, -0.15) is 0 Å². The van der Waals surface area contributed by atoms with Crippen LogP contribution in [0.5, 0.6) is 0 Å². The summed E-state index contributed by atoms with van der Waals surface area (Å²) in [5, 5.41) is 2.87. The van der Waals surface area contributed by atoms with E-state index < -0.39 is 6.04 Å². The van der Waals surface area contributed by atoms with Gasteiger partial charge in [-0.1, -0.05) is 61.9 Å². The zero-order chi connectivity index (χ0) is 21.1. The van der Waals surface area contributed by atoms with Gasteiger partial charge in [0.1, 0.15) is 11.9 Å². The van der Waals surface area contributed by atoms with Crippen molar-refractivity contribution in [2.45, 2.75) is 45.0 Å². The van der Waals surface area contributed by atoms with E-state index >= 15 is 0 Å². The average Bonchev–Trinajstić information content (AvgIpc) is 2.73. The van der Waals surface area contributed by atoms with Crippen molar-refractivity contribution in [3.05, 3.63) is 71.5 Å². The van der Waals surface area contributed by atoms with E-state index in [1.807, 2.05) is 37.3 Å². The molecule has 4 nitrogen and oxygen atoms in total. The molecule has 0 aromatic heterocycles. The van der Waals surface area contributed by atoms with E-state index in [1.165, 1.54) is 22.7 Å². The molecule has 0 saturated carbocycles. The lowest BCUT2D eigenvalue weighted by atomic mass is 10.1. The topological polar surface area (TPSA) is 49.4 Å². The van der Waals surface area contributed by atoms with Gasteiger partial charge in [0.2, 0.25) is 11.8 Å². The van der Waals surface area contributed by atoms with Crippen LogP contribution in [0.25, 0.3) is 0 Å². The lowest BCUT2D eigenvalue weighted by Crippen LogP contribution is -2.48. The highest BCUT2D eigenvalue weighted by atomic mass is 32.2. The first-order valence-corrected chi connectivity index (χ1v) is 11.1. The lowest BCUT2D eigenvalue weighted by Gasteiger charge is -2.29. The van der Waals surface area contributed by atoms with Gasteiger partial charge in [-0.3, -0.25) is 9.59 Å². The summed E-state index contributed by atoms with van der Waals surface area (Å²) in [7, 11) is 0. The van der Waals surface area contributed by atoms with E-state index in [1.54, 1.807) is 25.1 Å². The zero-order valence-corrected chi connectivity index (χ0v) is 17.9. The quantitative estimate of drug-likeness (QED) is 0.553. The van der Waals surface area contributed by atoms with Crippen molar-refractivity contribution < 1.29 is 14.0 Å². The Hall–Kier alpha value is -2.34. The number of thioether (sulfide) groups is 1. The van der Waals surface area contributed by atoms with Crippen molar-refractivity contribution >= 4 is 23.6 Å². The molecule has 0 fully saturated rings. The van der Waals surface area contributed by atoms with Crippen molar-refractivity contribution in [2.75, 3.05) is 12.3 Å². The second-order valence-electron chi connectivity index (χ2n) is 6.91. The number of nitrogens with zero attached hydrogens (tertiary/aromatic N) is 1. The van der Waals surface area contributed by atoms with Crippen LogP contribution in [0, 0.1) is 5.82 Å². The SMILES string of the molecule is CCCCNC(=O)[C@H](C)N(Cc1ccccc1F)C(=O)CSCc1ccccc1. The Morgan fingerprint density at radius 2 is 1.79 bits per heavy atom. The fourth-order valence-corrected chi connectivity index (χ4v) is 3.71. The normalized spacial score (nSPS) is 11.7. The third-order valence-electron chi connectivity index (χ3n) is 4.63. The number of unbranched alkanes of at least 4 members (excludes halogenated alkanes) is 1. The highest BCUT2D eigenvalue weighted by Crippen LogP contribution is 2.17. The first-order chi connectivity index (χ1) is 14.0. The summed E-state index contributed by atoms with van der Waals surface area (Å²) < 4.78 is 14.2. The maximum absolute atomic E-state index is 14.2. The molecule has 0 unspecified atom stereocenters. The smallest absolute Gasteiger partial charge is 0.242 e. The largest absolute Gasteiger partial charge is 0.354 e. The monoisotopic (exact) mass is 416 g/mol. The van der Waals surface area contributed by atoms with Crippen LogP contribution >= 0.6 is 11.8 Å². The Morgan fingerprint density at radius 3 is 2.48 bits per heavy atom. The molecule has 6 heteroatoms. The number of amides is 2. The van der Waals surface area contributed by atoms with Crippen LogP contribution < -0.4 is 5.32 Å². The molecule has 1 atom stereocenters. The van der Waals surface area contributed by atoms with Crippen molar-refractivity contribution in [3.63, 3.8) is 0 Å². The average molecular weight is 417 g/mol. The van der Waals surface area contributed by atoms with Gasteiger partial charge in [0.15, 0.2) is 0 Å². The second kappa shape index (κ2) is 12.3. The third kappa shape index (κ3) is 7.54. The van der Waals surface area contributed by atoms with E-state index in [0.29, 0.717) is 17.9 Å². The molecule has 2 aromatic rings. The van der Waals surface area contributed by atoms with Gasteiger partial charge in [-0.15, -0.1) is 11.8 Å². The molecule has 2 aromatic carbocycles. The van der Waals surface area contributed by atoms with E-state index in [-0.39, 0.29) is 29.9 Å². The van der Waals surface area contributed by atoms with Gasteiger partial charge in [0.05, 0.1) is 5.75 Å². The molecular weight excluding hydrogens is 387 g/mol. The number of halogens is 1. The first kappa shape index (κ1) is 22.9. The van der Waals surface area contributed by atoms with Gasteiger partial charge in [0, 0.05) is 24.4 Å². The van der Waals surface area contributed by atoms with E-state index in [4.69, 9.17) is 0 Å². The number of nitrogens with one attached hydrogen (secondary N) is 1. The molecule has 1 N–H and O–H groups in total. The van der Waals surface area contributed by atoms with Gasteiger partial charge in [-0.05, 0) is 25.0 Å². The molecular formula is C23H29FN2O2S. The molecule has 0 heterocycles.